The van der Waals surface area contributed by atoms with Crippen LogP contribution in [-0.2, 0) is 10.0 Å². The second-order valence-electron chi connectivity index (χ2n) is 3.72. The van der Waals surface area contributed by atoms with Gasteiger partial charge in [-0.2, -0.15) is 4.31 Å². The zero-order valence-electron chi connectivity index (χ0n) is 8.60. The lowest BCUT2D eigenvalue weighted by atomic mass is 10.3. The molecule has 1 saturated heterocycles. The van der Waals surface area contributed by atoms with Gasteiger partial charge in [0, 0.05) is 38.1 Å². The van der Waals surface area contributed by atoms with Crippen molar-refractivity contribution in [1.82, 2.24) is 14.6 Å². The lowest BCUT2D eigenvalue weighted by Gasteiger charge is -2.32. The van der Waals surface area contributed by atoms with Crippen molar-refractivity contribution in [1.29, 1.82) is 0 Å². The SMILES string of the molecule is CC1CNCCN1S(=O)(=O)c1cc[nH]c1. The Morgan fingerprint density at radius 3 is 2.93 bits per heavy atom. The van der Waals surface area contributed by atoms with Crippen molar-refractivity contribution in [3.63, 3.8) is 0 Å². The van der Waals surface area contributed by atoms with E-state index < -0.39 is 10.0 Å². The first-order valence-electron chi connectivity index (χ1n) is 4.98. The molecule has 84 valence electrons. The molecule has 1 unspecified atom stereocenters. The molecule has 0 aliphatic carbocycles. The molecule has 0 bridgehead atoms. The minimum atomic E-state index is -3.31. The molecule has 2 N–H and O–H groups in total. The molecule has 15 heavy (non-hydrogen) atoms. The molecule has 1 aliphatic rings. The molecule has 1 aromatic heterocycles. The van der Waals surface area contributed by atoms with Crippen LogP contribution in [0.3, 0.4) is 0 Å². The van der Waals surface area contributed by atoms with E-state index in [4.69, 9.17) is 0 Å². The first kappa shape index (κ1) is 10.7. The number of nitrogens with one attached hydrogen (secondary N) is 2. The molecule has 0 amide bonds. The van der Waals surface area contributed by atoms with Gasteiger partial charge < -0.3 is 10.3 Å². The highest BCUT2D eigenvalue weighted by Gasteiger charge is 2.30. The highest BCUT2D eigenvalue weighted by atomic mass is 32.2. The maximum Gasteiger partial charge on any atom is 0.244 e. The Bertz CT molecular complexity index is 413. The smallest absolute Gasteiger partial charge is 0.244 e. The Morgan fingerprint density at radius 1 is 1.53 bits per heavy atom. The molecule has 2 heterocycles. The normalized spacial score (nSPS) is 24.2. The summed E-state index contributed by atoms with van der Waals surface area (Å²) in [7, 11) is -3.31. The number of rotatable bonds is 2. The Morgan fingerprint density at radius 2 is 2.33 bits per heavy atom. The highest BCUT2D eigenvalue weighted by molar-refractivity contribution is 7.89. The van der Waals surface area contributed by atoms with Crippen molar-refractivity contribution >= 4 is 10.0 Å². The number of aromatic amines is 1. The van der Waals surface area contributed by atoms with E-state index in [0.717, 1.165) is 0 Å². The quantitative estimate of drug-likeness (QED) is 0.750. The van der Waals surface area contributed by atoms with Gasteiger partial charge in [-0.15, -0.1) is 0 Å². The van der Waals surface area contributed by atoms with E-state index in [1.807, 2.05) is 6.92 Å². The summed E-state index contributed by atoms with van der Waals surface area (Å²) in [6, 6.07) is 1.60. The van der Waals surface area contributed by atoms with E-state index in [1.165, 1.54) is 6.20 Å². The van der Waals surface area contributed by atoms with E-state index in [1.54, 1.807) is 16.6 Å². The second kappa shape index (κ2) is 3.96. The third kappa shape index (κ3) is 1.92. The monoisotopic (exact) mass is 229 g/mol. The fraction of sp³-hybridized carbons (Fsp3) is 0.556. The predicted molar refractivity (Wildman–Crippen MR) is 57.0 cm³/mol. The lowest BCUT2D eigenvalue weighted by molar-refractivity contribution is 0.284. The lowest BCUT2D eigenvalue weighted by Crippen LogP contribution is -2.52. The number of aromatic nitrogens is 1. The van der Waals surface area contributed by atoms with Gasteiger partial charge in [0.15, 0.2) is 0 Å². The number of hydrogen-bond donors (Lipinski definition) is 2. The summed E-state index contributed by atoms with van der Waals surface area (Å²) in [6.07, 6.45) is 3.14. The zero-order chi connectivity index (χ0) is 10.9. The van der Waals surface area contributed by atoms with Gasteiger partial charge in [0.25, 0.3) is 0 Å². The molecule has 1 atom stereocenters. The van der Waals surface area contributed by atoms with E-state index in [9.17, 15) is 8.42 Å². The Labute approximate surface area is 89.5 Å². The molecule has 0 radical (unpaired) electrons. The van der Waals surface area contributed by atoms with Crippen LogP contribution in [-0.4, -0.2) is 43.4 Å². The van der Waals surface area contributed by atoms with Gasteiger partial charge in [-0.05, 0) is 13.0 Å². The fourth-order valence-corrected chi connectivity index (χ4v) is 3.39. The Balaban J connectivity index is 2.29. The standard InChI is InChI=1S/C9H15N3O2S/c1-8-6-11-4-5-12(8)15(13,14)9-2-3-10-7-9/h2-3,7-8,10-11H,4-6H2,1H3. The van der Waals surface area contributed by atoms with Crippen molar-refractivity contribution in [2.45, 2.75) is 17.9 Å². The van der Waals surface area contributed by atoms with Gasteiger partial charge >= 0.3 is 0 Å². The first-order chi connectivity index (χ1) is 7.12. The minimum Gasteiger partial charge on any atom is -0.366 e. The maximum absolute atomic E-state index is 12.1. The largest absolute Gasteiger partial charge is 0.366 e. The number of H-pyrrole nitrogens is 1. The summed E-state index contributed by atoms with van der Waals surface area (Å²) in [5.41, 5.74) is 0. The molecular weight excluding hydrogens is 214 g/mol. The van der Waals surface area contributed by atoms with Crippen LogP contribution in [0.4, 0.5) is 0 Å². The molecule has 0 aromatic carbocycles. The van der Waals surface area contributed by atoms with E-state index >= 15 is 0 Å². The molecule has 1 aliphatic heterocycles. The second-order valence-corrected chi connectivity index (χ2v) is 5.61. The summed E-state index contributed by atoms with van der Waals surface area (Å²) < 4.78 is 25.8. The average molecular weight is 229 g/mol. The van der Waals surface area contributed by atoms with Crippen LogP contribution < -0.4 is 5.32 Å². The van der Waals surface area contributed by atoms with E-state index in [-0.39, 0.29) is 6.04 Å². The van der Waals surface area contributed by atoms with E-state index in [2.05, 4.69) is 10.3 Å². The molecule has 2 rings (SSSR count). The van der Waals surface area contributed by atoms with Crippen LogP contribution in [0.5, 0.6) is 0 Å². The van der Waals surface area contributed by atoms with Gasteiger partial charge in [-0.25, -0.2) is 8.42 Å². The van der Waals surface area contributed by atoms with Gasteiger partial charge in [-0.1, -0.05) is 0 Å². The highest BCUT2D eigenvalue weighted by Crippen LogP contribution is 2.18. The summed E-state index contributed by atoms with van der Waals surface area (Å²) in [5, 5.41) is 3.17. The van der Waals surface area contributed by atoms with Crippen LogP contribution in [0.2, 0.25) is 0 Å². The number of nitrogens with zero attached hydrogens (tertiary/aromatic N) is 1. The third-order valence-corrected chi connectivity index (χ3v) is 4.63. The van der Waals surface area contributed by atoms with Crippen molar-refractivity contribution in [3.8, 4) is 0 Å². The summed E-state index contributed by atoms with van der Waals surface area (Å²) in [5.74, 6) is 0. The van der Waals surface area contributed by atoms with Crippen molar-refractivity contribution in [2.75, 3.05) is 19.6 Å². The average Bonchev–Trinajstić information content (AvgIpc) is 2.71. The predicted octanol–water partition coefficient (Wildman–Crippen LogP) is -0.00290. The van der Waals surface area contributed by atoms with Gasteiger partial charge in [-0.3, -0.25) is 0 Å². The van der Waals surface area contributed by atoms with Crippen LogP contribution in [0, 0.1) is 0 Å². The van der Waals surface area contributed by atoms with Crippen molar-refractivity contribution in [2.24, 2.45) is 0 Å². The maximum atomic E-state index is 12.1. The number of piperazine rings is 1. The molecular formula is C9H15N3O2S. The third-order valence-electron chi connectivity index (χ3n) is 2.62. The Hall–Kier alpha value is -0.850. The van der Waals surface area contributed by atoms with Crippen LogP contribution in [0.1, 0.15) is 6.92 Å². The zero-order valence-corrected chi connectivity index (χ0v) is 9.42. The van der Waals surface area contributed by atoms with Gasteiger partial charge in [0.1, 0.15) is 0 Å². The molecule has 0 spiro atoms. The molecule has 1 aromatic rings. The van der Waals surface area contributed by atoms with Gasteiger partial charge in [0.2, 0.25) is 10.0 Å². The molecule has 1 fully saturated rings. The fourth-order valence-electron chi connectivity index (χ4n) is 1.78. The summed E-state index contributed by atoms with van der Waals surface area (Å²) in [6.45, 7) is 3.88. The minimum absolute atomic E-state index is 0.0126. The molecule has 0 saturated carbocycles. The molecule has 6 heteroatoms. The van der Waals surface area contributed by atoms with Crippen LogP contribution >= 0.6 is 0 Å². The first-order valence-corrected chi connectivity index (χ1v) is 6.42. The van der Waals surface area contributed by atoms with Crippen molar-refractivity contribution in [3.05, 3.63) is 18.5 Å². The Kier molecular flexibility index (Phi) is 2.81. The topological polar surface area (TPSA) is 65.2 Å². The van der Waals surface area contributed by atoms with Crippen LogP contribution in [0.25, 0.3) is 0 Å². The number of sulfonamides is 1. The van der Waals surface area contributed by atoms with E-state index in [0.29, 0.717) is 24.5 Å². The van der Waals surface area contributed by atoms with Crippen molar-refractivity contribution < 1.29 is 8.42 Å². The van der Waals surface area contributed by atoms with Crippen LogP contribution in [0.15, 0.2) is 23.4 Å². The number of hydrogen-bond acceptors (Lipinski definition) is 3. The van der Waals surface area contributed by atoms with Gasteiger partial charge in [0.05, 0.1) is 4.90 Å². The summed E-state index contributed by atoms with van der Waals surface area (Å²) >= 11 is 0. The molecule has 5 nitrogen and oxygen atoms in total. The summed E-state index contributed by atoms with van der Waals surface area (Å²) in [4.78, 5) is 3.11.